The van der Waals surface area contributed by atoms with Gasteiger partial charge in [-0.1, -0.05) is 18.2 Å². The van der Waals surface area contributed by atoms with E-state index >= 15 is 0 Å². The monoisotopic (exact) mass is 446 g/mol. The van der Waals surface area contributed by atoms with Crippen LogP contribution < -0.4 is 14.2 Å². The average molecular weight is 447 g/mol. The molecule has 0 saturated carbocycles. The van der Waals surface area contributed by atoms with Crippen LogP contribution in [0.4, 0.5) is 0 Å². The molecule has 0 aliphatic carbocycles. The summed E-state index contributed by atoms with van der Waals surface area (Å²) in [6.45, 7) is 5.74. The van der Waals surface area contributed by atoms with Crippen LogP contribution in [0.15, 0.2) is 41.3 Å². The Morgan fingerprint density at radius 3 is 2.29 bits per heavy atom. The van der Waals surface area contributed by atoms with E-state index in [1.807, 2.05) is 32.0 Å². The van der Waals surface area contributed by atoms with Crippen LogP contribution in [-0.4, -0.2) is 69.5 Å². The molecule has 0 atom stereocenters. The number of nitrogens with zero attached hydrogens (tertiary/aromatic N) is 2. The molecule has 8 nitrogen and oxygen atoms in total. The van der Waals surface area contributed by atoms with E-state index in [1.54, 1.807) is 11.0 Å². The van der Waals surface area contributed by atoms with Crippen molar-refractivity contribution in [2.45, 2.75) is 18.7 Å². The summed E-state index contributed by atoms with van der Waals surface area (Å²) < 4.78 is 44.2. The van der Waals surface area contributed by atoms with Crippen LogP contribution in [0.1, 0.15) is 11.1 Å². The molecule has 1 fully saturated rings. The minimum absolute atomic E-state index is 0.0688. The highest BCUT2D eigenvalue weighted by molar-refractivity contribution is 7.89. The minimum Gasteiger partial charge on any atom is -0.486 e. The topological polar surface area (TPSA) is 85.4 Å². The molecule has 2 aliphatic rings. The van der Waals surface area contributed by atoms with Crippen molar-refractivity contribution in [1.82, 2.24) is 9.21 Å². The zero-order valence-corrected chi connectivity index (χ0v) is 18.5. The molecule has 2 aromatic carbocycles. The third-order valence-corrected chi connectivity index (χ3v) is 7.39. The second-order valence-electron chi connectivity index (χ2n) is 7.60. The third-order valence-electron chi connectivity index (χ3n) is 5.49. The van der Waals surface area contributed by atoms with Crippen molar-refractivity contribution in [3.05, 3.63) is 47.5 Å². The van der Waals surface area contributed by atoms with Crippen molar-refractivity contribution < 1.29 is 27.4 Å². The number of fused-ring (bicyclic) bond motifs is 1. The predicted molar refractivity (Wildman–Crippen MR) is 114 cm³/mol. The Labute approximate surface area is 182 Å². The summed E-state index contributed by atoms with van der Waals surface area (Å²) in [4.78, 5) is 14.4. The number of para-hydroxylation sites is 1. The molecule has 2 aliphatic heterocycles. The van der Waals surface area contributed by atoms with Gasteiger partial charge in [0, 0.05) is 32.2 Å². The number of sulfonamides is 1. The van der Waals surface area contributed by atoms with Gasteiger partial charge < -0.3 is 19.1 Å². The summed E-state index contributed by atoms with van der Waals surface area (Å²) >= 11 is 0. The van der Waals surface area contributed by atoms with E-state index in [0.29, 0.717) is 37.8 Å². The normalized spacial score (nSPS) is 16.8. The van der Waals surface area contributed by atoms with E-state index in [-0.39, 0.29) is 30.5 Å². The van der Waals surface area contributed by atoms with Crippen LogP contribution >= 0.6 is 0 Å². The number of rotatable bonds is 5. The maximum absolute atomic E-state index is 13.0. The maximum atomic E-state index is 13.0. The number of carbonyl (C=O) groups is 1. The van der Waals surface area contributed by atoms with Crippen LogP contribution in [0.5, 0.6) is 17.2 Å². The Morgan fingerprint density at radius 1 is 0.968 bits per heavy atom. The Hall–Kier alpha value is -2.78. The molecule has 0 radical (unpaired) electrons. The Bertz CT molecular complexity index is 1060. The Balaban J connectivity index is 1.36. The van der Waals surface area contributed by atoms with Crippen molar-refractivity contribution in [1.29, 1.82) is 0 Å². The molecule has 31 heavy (non-hydrogen) atoms. The lowest BCUT2D eigenvalue weighted by Crippen LogP contribution is -2.51. The number of hydrogen-bond donors (Lipinski definition) is 0. The van der Waals surface area contributed by atoms with E-state index in [9.17, 15) is 13.2 Å². The number of aryl methyl sites for hydroxylation is 2. The highest BCUT2D eigenvalue weighted by Gasteiger charge is 2.31. The smallest absolute Gasteiger partial charge is 0.260 e. The lowest BCUT2D eigenvalue weighted by atomic mass is 10.1. The van der Waals surface area contributed by atoms with Crippen molar-refractivity contribution in [2.24, 2.45) is 0 Å². The minimum atomic E-state index is -3.68. The van der Waals surface area contributed by atoms with Crippen molar-refractivity contribution in [3.63, 3.8) is 0 Å². The maximum Gasteiger partial charge on any atom is 0.260 e. The van der Waals surface area contributed by atoms with Gasteiger partial charge >= 0.3 is 0 Å². The van der Waals surface area contributed by atoms with Gasteiger partial charge in [-0.2, -0.15) is 4.31 Å². The quantitative estimate of drug-likeness (QED) is 0.698. The largest absolute Gasteiger partial charge is 0.486 e. The standard InChI is InChI=1S/C22H26N2O6S/c1-16-4-3-5-17(2)22(16)30-15-21(25)23-8-10-24(11-9-23)31(26,27)18-6-7-19-20(14-18)29-13-12-28-19/h3-7,14H,8-13,15H2,1-2H3. The first-order chi connectivity index (χ1) is 14.9. The van der Waals surface area contributed by atoms with E-state index in [1.165, 1.54) is 16.4 Å². The van der Waals surface area contributed by atoms with Crippen LogP contribution in [0.25, 0.3) is 0 Å². The fourth-order valence-corrected chi connectivity index (χ4v) is 5.20. The molecule has 2 aromatic rings. The second kappa shape index (κ2) is 8.76. The molecule has 0 bridgehead atoms. The predicted octanol–water partition coefficient (Wildman–Crippen LogP) is 1.99. The molecule has 166 valence electrons. The van der Waals surface area contributed by atoms with E-state index in [4.69, 9.17) is 14.2 Å². The number of ether oxygens (including phenoxy) is 3. The van der Waals surface area contributed by atoms with Gasteiger partial charge in [0.1, 0.15) is 19.0 Å². The summed E-state index contributed by atoms with van der Waals surface area (Å²) in [6.07, 6.45) is 0. The molecular weight excluding hydrogens is 420 g/mol. The number of carbonyl (C=O) groups excluding carboxylic acids is 1. The number of piperazine rings is 1. The summed E-state index contributed by atoms with van der Waals surface area (Å²) in [5.74, 6) is 1.55. The average Bonchev–Trinajstić information content (AvgIpc) is 2.78. The molecule has 2 heterocycles. The summed E-state index contributed by atoms with van der Waals surface area (Å²) in [6, 6.07) is 10.5. The van der Waals surface area contributed by atoms with Crippen molar-refractivity contribution in [2.75, 3.05) is 46.0 Å². The van der Waals surface area contributed by atoms with Gasteiger partial charge in [-0.15, -0.1) is 0 Å². The van der Waals surface area contributed by atoms with E-state index in [2.05, 4.69) is 0 Å². The van der Waals surface area contributed by atoms with Crippen LogP contribution in [-0.2, 0) is 14.8 Å². The number of amides is 1. The highest BCUT2D eigenvalue weighted by atomic mass is 32.2. The lowest BCUT2D eigenvalue weighted by Gasteiger charge is -2.34. The first-order valence-electron chi connectivity index (χ1n) is 10.2. The van der Waals surface area contributed by atoms with Gasteiger partial charge in [0.15, 0.2) is 18.1 Å². The molecule has 0 spiro atoms. The fraction of sp³-hybridized carbons (Fsp3) is 0.409. The molecule has 0 N–H and O–H groups in total. The van der Waals surface area contributed by atoms with Gasteiger partial charge in [0.2, 0.25) is 10.0 Å². The second-order valence-corrected chi connectivity index (χ2v) is 9.54. The van der Waals surface area contributed by atoms with E-state index in [0.717, 1.165) is 16.9 Å². The van der Waals surface area contributed by atoms with Crippen LogP contribution in [0.3, 0.4) is 0 Å². The molecule has 9 heteroatoms. The zero-order valence-electron chi connectivity index (χ0n) is 17.7. The molecule has 1 amide bonds. The first kappa shape index (κ1) is 21.5. The first-order valence-corrected chi connectivity index (χ1v) is 11.7. The van der Waals surface area contributed by atoms with Crippen molar-refractivity contribution >= 4 is 15.9 Å². The molecule has 0 aromatic heterocycles. The molecule has 1 saturated heterocycles. The third kappa shape index (κ3) is 4.47. The Kier molecular flexibility index (Phi) is 6.06. The van der Waals surface area contributed by atoms with Gasteiger partial charge in [-0.25, -0.2) is 8.42 Å². The molecular formula is C22H26N2O6S. The van der Waals surface area contributed by atoms with Gasteiger partial charge in [-0.05, 0) is 37.1 Å². The SMILES string of the molecule is Cc1cccc(C)c1OCC(=O)N1CCN(S(=O)(=O)c2ccc3c(c2)OCCO3)CC1. The van der Waals surface area contributed by atoms with Crippen LogP contribution in [0, 0.1) is 13.8 Å². The van der Waals surface area contributed by atoms with E-state index < -0.39 is 10.0 Å². The van der Waals surface area contributed by atoms with Gasteiger partial charge in [0.05, 0.1) is 4.90 Å². The van der Waals surface area contributed by atoms with Gasteiger partial charge in [-0.3, -0.25) is 4.79 Å². The number of benzene rings is 2. The molecule has 4 rings (SSSR count). The Morgan fingerprint density at radius 2 is 1.61 bits per heavy atom. The zero-order chi connectivity index (χ0) is 22.0. The van der Waals surface area contributed by atoms with Gasteiger partial charge in [0.25, 0.3) is 5.91 Å². The number of hydrogen-bond acceptors (Lipinski definition) is 6. The van der Waals surface area contributed by atoms with Crippen molar-refractivity contribution in [3.8, 4) is 17.2 Å². The lowest BCUT2D eigenvalue weighted by molar-refractivity contribution is -0.134. The highest BCUT2D eigenvalue weighted by Crippen LogP contribution is 2.33. The summed E-state index contributed by atoms with van der Waals surface area (Å²) in [7, 11) is -3.68. The molecule has 0 unspecified atom stereocenters. The fourth-order valence-electron chi connectivity index (χ4n) is 3.76. The summed E-state index contributed by atoms with van der Waals surface area (Å²) in [5, 5.41) is 0. The summed E-state index contributed by atoms with van der Waals surface area (Å²) in [5.41, 5.74) is 1.95. The van der Waals surface area contributed by atoms with Crippen LogP contribution in [0.2, 0.25) is 0 Å².